The van der Waals surface area contributed by atoms with Gasteiger partial charge < -0.3 is 5.73 Å². The molecule has 0 bridgehead atoms. The molecule has 2 aromatic rings. The van der Waals surface area contributed by atoms with Crippen molar-refractivity contribution in [2.75, 3.05) is 13.1 Å². The molecule has 1 aliphatic heterocycles. The lowest BCUT2D eigenvalue weighted by Crippen LogP contribution is -2.67. The normalized spacial score (nSPS) is 21.7. The van der Waals surface area contributed by atoms with Crippen molar-refractivity contribution >= 4 is 17.4 Å². The number of carbonyl (C=O) groups excluding carboxylic acids is 1. The molecule has 3 heterocycles. The van der Waals surface area contributed by atoms with E-state index in [1.807, 2.05) is 26.8 Å². The molecule has 2 aromatic heterocycles. The summed E-state index contributed by atoms with van der Waals surface area (Å²) in [5, 5.41) is 0.903. The van der Waals surface area contributed by atoms with Crippen molar-refractivity contribution < 1.29 is 26.7 Å². The van der Waals surface area contributed by atoms with Crippen LogP contribution in [0.25, 0.3) is 0 Å². The van der Waals surface area contributed by atoms with E-state index in [-0.39, 0.29) is 32.4 Å². The van der Waals surface area contributed by atoms with Gasteiger partial charge in [0.15, 0.2) is 5.13 Å². The number of nitrogens with zero attached hydrogens (tertiary/aromatic N) is 2. The molecule has 1 aliphatic rings. The van der Waals surface area contributed by atoms with Crippen molar-refractivity contribution in [3.8, 4) is 0 Å². The summed E-state index contributed by atoms with van der Waals surface area (Å²) in [4.78, 5) is 18.0. The quantitative estimate of drug-likeness (QED) is 0.422. The smallest absolute Gasteiger partial charge is 0.352 e. The Morgan fingerprint density at radius 3 is 2.45 bits per heavy atom. The minimum absolute atomic E-state index is 0.0249. The summed E-state index contributed by atoms with van der Waals surface area (Å²) in [7, 11) is 0. The number of carbonyl (C=O) groups is 1. The highest BCUT2D eigenvalue weighted by atomic mass is 32.1. The van der Waals surface area contributed by atoms with Gasteiger partial charge in [-0.3, -0.25) is 15.2 Å². The molecular formula is C22H27F5N4OS. The topological polar surface area (TPSA) is 71.2 Å². The van der Waals surface area contributed by atoms with Crippen LogP contribution >= 0.6 is 11.3 Å². The van der Waals surface area contributed by atoms with Crippen LogP contribution in [0.1, 0.15) is 42.8 Å². The van der Waals surface area contributed by atoms with Gasteiger partial charge in [-0.2, -0.15) is 17.6 Å². The maximum absolute atomic E-state index is 16.0. The van der Waals surface area contributed by atoms with Crippen molar-refractivity contribution in [3.05, 3.63) is 51.7 Å². The first-order valence-electron chi connectivity index (χ1n) is 10.5. The molecule has 5 nitrogen and oxygen atoms in total. The van der Waals surface area contributed by atoms with E-state index in [0.717, 1.165) is 22.6 Å². The number of likely N-dealkylation sites (tertiary alicyclic amines) is 1. The average Bonchev–Trinajstić information content (AvgIpc) is 3.33. The van der Waals surface area contributed by atoms with Crippen LogP contribution in [0.2, 0.25) is 0 Å². The number of nitrogens with one attached hydrogen (secondary N) is 1. The number of amides is 2. The molecule has 0 spiro atoms. The van der Waals surface area contributed by atoms with E-state index in [2.05, 4.69) is 4.98 Å². The summed E-state index contributed by atoms with van der Waals surface area (Å²) in [6, 6.07) is 4.73. The molecule has 3 rings (SSSR count). The molecule has 0 saturated carbocycles. The van der Waals surface area contributed by atoms with Crippen LogP contribution in [0, 0.1) is 17.5 Å². The van der Waals surface area contributed by atoms with Crippen LogP contribution in [0.3, 0.4) is 0 Å². The number of urea groups is 1. The molecule has 1 unspecified atom stereocenters. The third kappa shape index (κ3) is 4.84. The van der Waals surface area contributed by atoms with Crippen LogP contribution in [-0.2, 0) is 12.0 Å². The van der Waals surface area contributed by atoms with Crippen LogP contribution < -0.4 is 11.1 Å². The number of pyridine rings is 1. The summed E-state index contributed by atoms with van der Waals surface area (Å²) in [6.07, 6.45) is -4.18. The third-order valence-corrected chi connectivity index (χ3v) is 7.59. The number of primary amides is 1. The Kier molecular flexibility index (Phi) is 6.78. The Balaban J connectivity index is 2.00. The van der Waals surface area contributed by atoms with Gasteiger partial charge in [0, 0.05) is 34.3 Å². The van der Waals surface area contributed by atoms with Gasteiger partial charge in [0.2, 0.25) is 0 Å². The Morgan fingerprint density at radius 2 is 1.94 bits per heavy atom. The molecule has 0 aromatic carbocycles. The number of halogens is 5. The number of aromatic nitrogens is 1. The van der Waals surface area contributed by atoms with E-state index < -0.39 is 34.1 Å². The zero-order valence-electron chi connectivity index (χ0n) is 18.6. The van der Waals surface area contributed by atoms with E-state index in [0.29, 0.717) is 4.88 Å². The zero-order valence-corrected chi connectivity index (χ0v) is 19.4. The molecule has 0 radical (unpaired) electrons. The van der Waals surface area contributed by atoms with Crippen LogP contribution in [-0.4, -0.2) is 41.0 Å². The Morgan fingerprint density at radius 1 is 1.24 bits per heavy atom. The van der Waals surface area contributed by atoms with E-state index >= 15 is 4.39 Å². The second-order valence-corrected chi connectivity index (χ2v) is 10.2. The number of thiophene rings is 1. The highest BCUT2D eigenvalue weighted by molar-refractivity contribution is 7.10. The maximum atomic E-state index is 16.0. The Hall–Kier alpha value is -2.27. The standard InChI is InChI=1S/C22H27F5N4OS/c1-14-4-5-15(12-29-14)19(2,3)31-11-10-20(13-31,9-8-16-6-7-17(23)33-16)21(24,22(25,26)27)30-18(28)32/h4-7,12H,8-11,13H2,1-3H3,(H3,28,30,32)/t20-,21?/m1/s1. The number of hydrogen-bond donors (Lipinski definition) is 2. The van der Waals surface area contributed by atoms with Crippen molar-refractivity contribution in [1.29, 1.82) is 0 Å². The monoisotopic (exact) mass is 490 g/mol. The number of alkyl halides is 4. The average molecular weight is 491 g/mol. The zero-order chi connectivity index (χ0) is 24.7. The van der Waals surface area contributed by atoms with Crippen molar-refractivity contribution in [3.63, 3.8) is 0 Å². The molecule has 11 heteroatoms. The fraction of sp³-hybridized carbons (Fsp3) is 0.545. The maximum Gasteiger partial charge on any atom is 0.442 e. The highest BCUT2D eigenvalue weighted by Gasteiger charge is 2.70. The Bertz CT molecular complexity index is 993. The van der Waals surface area contributed by atoms with Crippen molar-refractivity contribution in [1.82, 2.24) is 15.2 Å². The predicted octanol–water partition coefficient (Wildman–Crippen LogP) is 5.05. The van der Waals surface area contributed by atoms with Crippen molar-refractivity contribution in [2.24, 2.45) is 11.1 Å². The van der Waals surface area contributed by atoms with E-state index in [4.69, 9.17) is 5.73 Å². The summed E-state index contributed by atoms with van der Waals surface area (Å²) in [6.45, 7) is 5.35. The SMILES string of the molecule is Cc1ccc(C(C)(C)N2CC[C@@](CCc3ccc(F)s3)(C(F)(NC(N)=O)C(F)(F)F)C2)cn1. The van der Waals surface area contributed by atoms with E-state index in [1.165, 1.54) is 17.4 Å². The van der Waals surface area contributed by atoms with Gasteiger partial charge in [-0.25, -0.2) is 9.18 Å². The minimum atomic E-state index is -5.41. The lowest BCUT2D eigenvalue weighted by molar-refractivity contribution is -0.279. The summed E-state index contributed by atoms with van der Waals surface area (Å²) in [5.41, 5.74) is 3.75. The van der Waals surface area contributed by atoms with Gasteiger partial charge in [-0.15, -0.1) is 11.3 Å². The van der Waals surface area contributed by atoms with E-state index in [1.54, 1.807) is 17.2 Å². The highest BCUT2D eigenvalue weighted by Crippen LogP contribution is 2.54. The van der Waals surface area contributed by atoms with Crippen LogP contribution in [0.4, 0.5) is 26.7 Å². The van der Waals surface area contributed by atoms with Crippen molar-refractivity contribution in [2.45, 2.75) is 57.5 Å². The molecule has 182 valence electrons. The lowest BCUT2D eigenvalue weighted by atomic mass is 9.72. The van der Waals surface area contributed by atoms with Gasteiger partial charge in [0.1, 0.15) is 0 Å². The van der Waals surface area contributed by atoms with E-state index in [9.17, 15) is 22.4 Å². The number of rotatable bonds is 7. The molecule has 1 saturated heterocycles. The summed E-state index contributed by atoms with van der Waals surface area (Å²) in [5.74, 6) is -4.06. The molecule has 0 aliphatic carbocycles. The first-order valence-corrected chi connectivity index (χ1v) is 11.3. The van der Waals surface area contributed by atoms with Crippen LogP contribution in [0.15, 0.2) is 30.5 Å². The third-order valence-electron chi connectivity index (χ3n) is 6.66. The largest absolute Gasteiger partial charge is 0.442 e. The van der Waals surface area contributed by atoms with Gasteiger partial charge in [-0.05, 0) is 70.3 Å². The second-order valence-electron chi connectivity index (χ2n) is 9.05. The Labute approximate surface area is 193 Å². The van der Waals surface area contributed by atoms with Gasteiger partial charge in [0.25, 0.3) is 5.79 Å². The fourth-order valence-corrected chi connectivity index (χ4v) is 5.27. The minimum Gasteiger partial charge on any atom is -0.352 e. The second kappa shape index (κ2) is 8.83. The number of aryl methyl sites for hydroxylation is 2. The lowest BCUT2D eigenvalue weighted by Gasteiger charge is -2.45. The molecule has 2 atom stereocenters. The molecule has 2 amide bonds. The fourth-order valence-electron chi connectivity index (χ4n) is 4.54. The summed E-state index contributed by atoms with van der Waals surface area (Å²) < 4.78 is 71.9. The van der Waals surface area contributed by atoms with Gasteiger partial charge in [-0.1, -0.05) is 6.07 Å². The number of hydrogen-bond acceptors (Lipinski definition) is 4. The molecule has 1 fully saturated rings. The van der Waals surface area contributed by atoms with Crippen LogP contribution in [0.5, 0.6) is 0 Å². The molecule has 3 N–H and O–H groups in total. The van der Waals surface area contributed by atoms with Gasteiger partial charge >= 0.3 is 12.2 Å². The first-order chi connectivity index (χ1) is 15.2. The molecular weight excluding hydrogens is 463 g/mol. The molecule has 33 heavy (non-hydrogen) atoms. The predicted molar refractivity (Wildman–Crippen MR) is 116 cm³/mol. The first kappa shape index (κ1) is 25.4. The number of nitrogens with two attached hydrogens (primary N) is 1. The summed E-state index contributed by atoms with van der Waals surface area (Å²) >= 11 is 0.802. The van der Waals surface area contributed by atoms with Gasteiger partial charge in [0.05, 0.1) is 0 Å².